The highest BCUT2D eigenvalue weighted by Crippen LogP contribution is 2.21. The van der Waals surface area contributed by atoms with E-state index in [0.29, 0.717) is 6.61 Å². The van der Waals surface area contributed by atoms with Gasteiger partial charge in [0.1, 0.15) is 5.75 Å². The molecule has 0 bridgehead atoms. The van der Waals surface area contributed by atoms with Crippen LogP contribution in [0, 0.1) is 13.8 Å². The van der Waals surface area contributed by atoms with E-state index in [9.17, 15) is 4.79 Å². The van der Waals surface area contributed by atoms with Crippen molar-refractivity contribution in [3.05, 3.63) is 65.2 Å². The van der Waals surface area contributed by atoms with Crippen LogP contribution in [0.3, 0.4) is 0 Å². The summed E-state index contributed by atoms with van der Waals surface area (Å²) in [6.45, 7) is 6.50. The zero-order valence-corrected chi connectivity index (χ0v) is 13.2. The normalized spacial score (nSPS) is 10.7. The molecule has 0 radical (unpaired) electrons. The predicted octanol–water partition coefficient (Wildman–Crippen LogP) is 4.35. The third kappa shape index (κ3) is 3.98. The molecule has 0 heterocycles. The lowest BCUT2D eigenvalue weighted by Crippen LogP contribution is -2.10. The largest absolute Gasteiger partial charge is 0.493 e. The summed E-state index contributed by atoms with van der Waals surface area (Å²) < 4.78 is 5.54. The lowest BCUT2D eigenvalue weighted by molar-refractivity contribution is -0.111. The van der Waals surface area contributed by atoms with Gasteiger partial charge in [0.05, 0.1) is 6.61 Å². The predicted molar refractivity (Wildman–Crippen MR) is 91.2 cm³/mol. The zero-order chi connectivity index (χ0) is 15.9. The highest BCUT2D eigenvalue weighted by molar-refractivity contribution is 6.03. The van der Waals surface area contributed by atoms with Gasteiger partial charge in [-0.3, -0.25) is 4.79 Å². The maximum atomic E-state index is 12.1. The van der Waals surface area contributed by atoms with Crippen molar-refractivity contribution in [2.75, 3.05) is 11.9 Å². The number of benzene rings is 2. The minimum Gasteiger partial charge on any atom is -0.493 e. The van der Waals surface area contributed by atoms with E-state index in [-0.39, 0.29) is 5.91 Å². The van der Waals surface area contributed by atoms with Crippen molar-refractivity contribution < 1.29 is 9.53 Å². The smallest absolute Gasteiger partial charge is 0.248 e. The fraction of sp³-hybridized carbons (Fsp3) is 0.211. The first-order chi connectivity index (χ1) is 10.6. The summed E-state index contributed by atoms with van der Waals surface area (Å²) in [6.07, 6.45) is 3.30. The summed E-state index contributed by atoms with van der Waals surface area (Å²) in [4.78, 5) is 12.1. The summed E-state index contributed by atoms with van der Waals surface area (Å²) in [5, 5.41) is 2.93. The fourth-order valence-electron chi connectivity index (χ4n) is 2.25. The van der Waals surface area contributed by atoms with Crippen molar-refractivity contribution >= 4 is 17.7 Å². The fourth-order valence-corrected chi connectivity index (χ4v) is 2.25. The summed E-state index contributed by atoms with van der Waals surface area (Å²) >= 11 is 0. The van der Waals surface area contributed by atoms with Crippen molar-refractivity contribution in [1.29, 1.82) is 0 Å². The number of carbonyl (C=O) groups excluding carboxylic acids is 1. The number of aryl methyl sites for hydroxylation is 2. The van der Waals surface area contributed by atoms with Crippen LogP contribution in [-0.4, -0.2) is 12.5 Å². The van der Waals surface area contributed by atoms with Crippen LogP contribution in [0.15, 0.2) is 48.5 Å². The Hall–Kier alpha value is -2.55. The minimum absolute atomic E-state index is 0.149. The molecule has 0 atom stereocenters. The van der Waals surface area contributed by atoms with Gasteiger partial charge in [0.25, 0.3) is 0 Å². The highest BCUT2D eigenvalue weighted by atomic mass is 16.5. The molecule has 3 heteroatoms. The standard InChI is InChI=1S/C19H21NO2/c1-4-22-17-11-6-5-10-16(17)12-13-18(21)20-19-14(2)8-7-9-15(19)3/h5-13H,4H2,1-3H3,(H,20,21)/b13-12+. The molecule has 22 heavy (non-hydrogen) atoms. The van der Waals surface area contributed by atoms with Gasteiger partial charge >= 0.3 is 0 Å². The Kier molecular flexibility index (Phi) is 5.37. The van der Waals surface area contributed by atoms with E-state index in [4.69, 9.17) is 4.74 Å². The Morgan fingerprint density at radius 2 is 1.77 bits per heavy atom. The van der Waals surface area contributed by atoms with Crippen molar-refractivity contribution in [3.8, 4) is 5.75 Å². The van der Waals surface area contributed by atoms with E-state index in [0.717, 1.165) is 28.1 Å². The minimum atomic E-state index is -0.149. The molecular weight excluding hydrogens is 274 g/mol. The molecule has 0 spiro atoms. The van der Waals surface area contributed by atoms with Crippen LogP contribution in [-0.2, 0) is 4.79 Å². The van der Waals surface area contributed by atoms with Gasteiger partial charge in [-0.15, -0.1) is 0 Å². The molecular formula is C19H21NO2. The van der Waals surface area contributed by atoms with Gasteiger partial charge in [-0.2, -0.15) is 0 Å². The number of anilines is 1. The number of rotatable bonds is 5. The van der Waals surface area contributed by atoms with Crippen LogP contribution in [0.4, 0.5) is 5.69 Å². The summed E-state index contributed by atoms with van der Waals surface area (Å²) in [6, 6.07) is 13.6. The Morgan fingerprint density at radius 3 is 2.45 bits per heavy atom. The van der Waals surface area contributed by atoms with Gasteiger partial charge in [-0.05, 0) is 44.0 Å². The quantitative estimate of drug-likeness (QED) is 0.833. The van der Waals surface area contributed by atoms with E-state index < -0.39 is 0 Å². The number of nitrogens with one attached hydrogen (secondary N) is 1. The number of ether oxygens (including phenoxy) is 1. The lowest BCUT2D eigenvalue weighted by atomic mass is 10.1. The van der Waals surface area contributed by atoms with Crippen molar-refractivity contribution in [1.82, 2.24) is 0 Å². The molecule has 0 saturated heterocycles. The number of carbonyl (C=O) groups is 1. The summed E-state index contributed by atoms with van der Waals surface area (Å²) in [7, 11) is 0. The van der Waals surface area contributed by atoms with Crippen LogP contribution < -0.4 is 10.1 Å². The number of hydrogen-bond donors (Lipinski definition) is 1. The molecule has 0 aromatic heterocycles. The molecule has 0 fully saturated rings. The summed E-state index contributed by atoms with van der Waals surface area (Å²) in [5.41, 5.74) is 3.86. The molecule has 1 amide bonds. The third-order valence-corrected chi connectivity index (χ3v) is 3.36. The van der Waals surface area contributed by atoms with Crippen LogP contribution in [0.25, 0.3) is 6.08 Å². The first-order valence-electron chi connectivity index (χ1n) is 7.39. The second kappa shape index (κ2) is 7.46. The monoisotopic (exact) mass is 295 g/mol. The molecule has 0 saturated carbocycles. The number of hydrogen-bond acceptors (Lipinski definition) is 2. The van der Waals surface area contributed by atoms with E-state index in [1.54, 1.807) is 6.08 Å². The van der Waals surface area contributed by atoms with E-state index >= 15 is 0 Å². The maximum absolute atomic E-state index is 12.1. The summed E-state index contributed by atoms with van der Waals surface area (Å²) in [5.74, 6) is 0.629. The van der Waals surface area contributed by atoms with E-state index in [1.165, 1.54) is 6.08 Å². The van der Waals surface area contributed by atoms with E-state index in [1.807, 2.05) is 63.2 Å². The maximum Gasteiger partial charge on any atom is 0.248 e. The van der Waals surface area contributed by atoms with Crippen molar-refractivity contribution in [2.45, 2.75) is 20.8 Å². The topological polar surface area (TPSA) is 38.3 Å². The molecule has 114 valence electrons. The van der Waals surface area contributed by atoms with Crippen molar-refractivity contribution in [2.24, 2.45) is 0 Å². The SMILES string of the molecule is CCOc1ccccc1/C=C/C(=O)Nc1c(C)cccc1C. The first-order valence-corrected chi connectivity index (χ1v) is 7.39. The Balaban J connectivity index is 2.12. The molecule has 0 aliphatic rings. The Labute approximate surface area is 131 Å². The van der Waals surface area contributed by atoms with Gasteiger partial charge in [-0.25, -0.2) is 0 Å². The number of para-hydroxylation sites is 2. The van der Waals surface area contributed by atoms with Crippen LogP contribution >= 0.6 is 0 Å². The number of amides is 1. The van der Waals surface area contributed by atoms with Crippen molar-refractivity contribution in [3.63, 3.8) is 0 Å². The van der Waals surface area contributed by atoms with Crippen LogP contribution in [0.2, 0.25) is 0 Å². The average Bonchev–Trinajstić information content (AvgIpc) is 2.50. The lowest BCUT2D eigenvalue weighted by Gasteiger charge is -2.10. The second-order valence-electron chi connectivity index (χ2n) is 5.06. The van der Waals surface area contributed by atoms with Gasteiger partial charge in [0, 0.05) is 17.3 Å². The zero-order valence-electron chi connectivity index (χ0n) is 13.2. The molecule has 0 unspecified atom stereocenters. The molecule has 0 aliphatic carbocycles. The van der Waals surface area contributed by atoms with Gasteiger partial charge < -0.3 is 10.1 Å². The second-order valence-corrected chi connectivity index (χ2v) is 5.06. The van der Waals surface area contributed by atoms with Crippen LogP contribution in [0.5, 0.6) is 5.75 Å². The van der Waals surface area contributed by atoms with Gasteiger partial charge in [0.2, 0.25) is 5.91 Å². The average molecular weight is 295 g/mol. The third-order valence-electron chi connectivity index (χ3n) is 3.36. The van der Waals surface area contributed by atoms with Crippen LogP contribution in [0.1, 0.15) is 23.6 Å². The first kappa shape index (κ1) is 15.8. The highest BCUT2D eigenvalue weighted by Gasteiger charge is 2.05. The molecule has 2 aromatic carbocycles. The molecule has 2 aromatic rings. The molecule has 3 nitrogen and oxygen atoms in total. The molecule has 0 aliphatic heterocycles. The van der Waals surface area contributed by atoms with Gasteiger partial charge in [0.15, 0.2) is 0 Å². The Bertz CT molecular complexity index is 669. The molecule has 2 rings (SSSR count). The van der Waals surface area contributed by atoms with E-state index in [2.05, 4.69) is 5.32 Å². The Morgan fingerprint density at radius 1 is 1.09 bits per heavy atom. The molecule has 1 N–H and O–H groups in total. The van der Waals surface area contributed by atoms with Gasteiger partial charge in [-0.1, -0.05) is 36.4 Å².